The lowest BCUT2D eigenvalue weighted by molar-refractivity contribution is 0.309. The van der Waals surface area contributed by atoms with Gasteiger partial charge in [0.05, 0.1) is 9.62 Å². The Morgan fingerprint density at radius 1 is 1.47 bits per heavy atom. The molecule has 0 aliphatic carbocycles. The predicted molar refractivity (Wildman–Crippen MR) is 87.9 cm³/mol. The summed E-state index contributed by atoms with van der Waals surface area (Å²) in [6.07, 6.45) is 3.25. The maximum Gasteiger partial charge on any atom is 0.0963 e. The van der Waals surface area contributed by atoms with Crippen molar-refractivity contribution in [2.45, 2.75) is 39.7 Å². The van der Waals surface area contributed by atoms with E-state index in [0.29, 0.717) is 5.84 Å². The molecular weight excluding hydrogens is 322 g/mol. The molecule has 3 N–H and O–H groups in total. The van der Waals surface area contributed by atoms with E-state index in [-0.39, 0.29) is 5.41 Å². The van der Waals surface area contributed by atoms with Crippen molar-refractivity contribution in [1.29, 1.82) is 5.41 Å². The van der Waals surface area contributed by atoms with Gasteiger partial charge in [-0.25, -0.2) is 0 Å². The van der Waals surface area contributed by atoms with E-state index in [4.69, 9.17) is 11.1 Å². The van der Waals surface area contributed by atoms with Gasteiger partial charge in [0.25, 0.3) is 0 Å². The van der Waals surface area contributed by atoms with E-state index in [0.717, 1.165) is 32.4 Å². The van der Waals surface area contributed by atoms with Crippen LogP contribution in [0, 0.1) is 10.8 Å². The molecule has 1 aromatic rings. The number of hydrogen-bond donors (Lipinski definition) is 2. The van der Waals surface area contributed by atoms with Crippen LogP contribution in [0.3, 0.4) is 0 Å². The highest BCUT2D eigenvalue weighted by molar-refractivity contribution is 9.11. The zero-order chi connectivity index (χ0) is 14.5. The molecule has 1 heterocycles. The van der Waals surface area contributed by atoms with Crippen LogP contribution in [-0.2, 0) is 6.54 Å². The molecule has 0 aliphatic rings. The Balaban J connectivity index is 2.21. The number of unbranched alkanes of at least 4 members (excludes halogenated alkanes) is 1. The van der Waals surface area contributed by atoms with Gasteiger partial charge < -0.3 is 10.6 Å². The van der Waals surface area contributed by atoms with E-state index in [1.807, 2.05) is 13.8 Å². The van der Waals surface area contributed by atoms with Crippen molar-refractivity contribution >= 4 is 33.1 Å². The standard InChI is InChI=1S/C14H24BrN3S/c1-14(2,13(16)17)6-4-5-7-18(3)9-11-8-12(15)19-10-11/h8,10H,4-7,9H2,1-3H3,(H3,16,17). The molecule has 3 nitrogen and oxygen atoms in total. The summed E-state index contributed by atoms with van der Waals surface area (Å²) in [5, 5.41) is 9.73. The van der Waals surface area contributed by atoms with E-state index in [1.54, 1.807) is 11.3 Å². The van der Waals surface area contributed by atoms with Crippen molar-refractivity contribution < 1.29 is 0 Å². The number of rotatable bonds is 8. The summed E-state index contributed by atoms with van der Waals surface area (Å²) in [5.41, 5.74) is 6.79. The second-order valence-corrected chi connectivity index (χ2v) is 8.04. The molecule has 0 radical (unpaired) electrons. The van der Waals surface area contributed by atoms with Crippen LogP contribution in [0.5, 0.6) is 0 Å². The molecule has 5 heteroatoms. The summed E-state index contributed by atoms with van der Waals surface area (Å²) in [6, 6.07) is 2.18. The van der Waals surface area contributed by atoms with Crippen molar-refractivity contribution in [3.05, 3.63) is 20.8 Å². The maximum atomic E-state index is 7.53. The Bertz CT molecular complexity index is 415. The van der Waals surface area contributed by atoms with Gasteiger partial charge in [-0.3, -0.25) is 5.41 Å². The normalized spacial score (nSPS) is 12.1. The molecule has 0 spiro atoms. The molecule has 0 amide bonds. The summed E-state index contributed by atoms with van der Waals surface area (Å²) in [5.74, 6) is 0.295. The molecule has 19 heavy (non-hydrogen) atoms. The fourth-order valence-corrected chi connectivity index (χ4v) is 3.10. The molecule has 0 aliphatic heterocycles. The summed E-state index contributed by atoms with van der Waals surface area (Å²) in [7, 11) is 2.15. The second-order valence-electron chi connectivity index (χ2n) is 5.75. The Morgan fingerprint density at radius 3 is 2.68 bits per heavy atom. The molecule has 0 saturated carbocycles. The monoisotopic (exact) mass is 345 g/mol. The summed E-state index contributed by atoms with van der Waals surface area (Å²) < 4.78 is 1.19. The maximum absolute atomic E-state index is 7.53. The number of nitrogens with zero attached hydrogens (tertiary/aromatic N) is 1. The fourth-order valence-electron chi connectivity index (χ4n) is 1.90. The zero-order valence-electron chi connectivity index (χ0n) is 12.0. The van der Waals surface area contributed by atoms with Crippen LogP contribution in [0.4, 0.5) is 0 Å². The third-order valence-corrected chi connectivity index (χ3v) is 4.95. The highest BCUT2D eigenvalue weighted by atomic mass is 79.9. The largest absolute Gasteiger partial charge is 0.387 e. The summed E-state index contributed by atoms with van der Waals surface area (Å²) in [4.78, 5) is 2.34. The lowest BCUT2D eigenvalue weighted by atomic mass is 9.86. The van der Waals surface area contributed by atoms with E-state index < -0.39 is 0 Å². The molecular formula is C14H24BrN3S. The fraction of sp³-hybridized carbons (Fsp3) is 0.643. The number of thiophene rings is 1. The minimum Gasteiger partial charge on any atom is -0.387 e. The van der Waals surface area contributed by atoms with Crippen LogP contribution in [0.15, 0.2) is 15.2 Å². The molecule has 1 aromatic heterocycles. The van der Waals surface area contributed by atoms with E-state index in [2.05, 4.69) is 39.3 Å². The van der Waals surface area contributed by atoms with Crippen molar-refractivity contribution in [2.24, 2.45) is 11.1 Å². The van der Waals surface area contributed by atoms with Gasteiger partial charge in [-0.2, -0.15) is 0 Å². The van der Waals surface area contributed by atoms with Gasteiger partial charge in [-0.05, 0) is 59.4 Å². The number of halogens is 1. The lowest BCUT2D eigenvalue weighted by Crippen LogP contribution is -2.31. The Labute approximate surface area is 128 Å². The first-order valence-electron chi connectivity index (χ1n) is 6.57. The van der Waals surface area contributed by atoms with E-state index >= 15 is 0 Å². The lowest BCUT2D eigenvalue weighted by Gasteiger charge is -2.23. The third-order valence-electron chi connectivity index (χ3n) is 3.39. The number of nitrogens with one attached hydrogen (secondary N) is 1. The van der Waals surface area contributed by atoms with E-state index in [9.17, 15) is 0 Å². The first kappa shape index (κ1) is 16.7. The van der Waals surface area contributed by atoms with Gasteiger partial charge in [0.15, 0.2) is 0 Å². The molecule has 0 bridgehead atoms. The molecule has 0 atom stereocenters. The van der Waals surface area contributed by atoms with Crippen molar-refractivity contribution in [3.63, 3.8) is 0 Å². The van der Waals surface area contributed by atoms with Gasteiger partial charge in [-0.1, -0.05) is 20.3 Å². The van der Waals surface area contributed by atoms with Crippen LogP contribution >= 0.6 is 27.3 Å². The Kier molecular flexibility index (Phi) is 6.50. The molecule has 0 fully saturated rings. The Hall–Kier alpha value is -0.390. The number of amidine groups is 1. The SMILES string of the molecule is CN(CCCCC(C)(C)C(=N)N)Cc1csc(Br)c1. The highest BCUT2D eigenvalue weighted by Crippen LogP contribution is 2.23. The number of nitrogens with two attached hydrogens (primary N) is 1. The van der Waals surface area contributed by atoms with E-state index in [1.165, 1.54) is 9.35 Å². The third kappa shape index (κ3) is 6.06. The first-order chi connectivity index (χ1) is 8.81. The van der Waals surface area contributed by atoms with Crippen LogP contribution in [0.1, 0.15) is 38.7 Å². The van der Waals surface area contributed by atoms with Gasteiger partial charge >= 0.3 is 0 Å². The molecule has 0 unspecified atom stereocenters. The molecule has 1 rings (SSSR count). The minimum atomic E-state index is -0.156. The predicted octanol–water partition coefficient (Wildman–Crippen LogP) is 4.07. The van der Waals surface area contributed by atoms with Gasteiger partial charge in [0.2, 0.25) is 0 Å². The van der Waals surface area contributed by atoms with Crippen LogP contribution in [0.2, 0.25) is 0 Å². The van der Waals surface area contributed by atoms with Crippen molar-refractivity contribution in [1.82, 2.24) is 4.90 Å². The zero-order valence-corrected chi connectivity index (χ0v) is 14.4. The molecule has 108 valence electrons. The average Bonchev–Trinajstić information content (AvgIpc) is 2.70. The Morgan fingerprint density at radius 2 is 2.16 bits per heavy atom. The topological polar surface area (TPSA) is 53.1 Å². The summed E-state index contributed by atoms with van der Waals surface area (Å²) >= 11 is 5.22. The first-order valence-corrected chi connectivity index (χ1v) is 8.24. The van der Waals surface area contributed by atoms with Crippen molar-refractivity contribution in [2.75, 3.05) is 13.6 Å². The minimum absolute atomic E-state index is 0.156. The van der Waals surface area contributed by atoms with Crippen LogP contribution in [0.25, 0.3) is 0 Å². The van der Waals surface area contributed by atoms with Gasteiger partial charge in [0.1, 0.15) is 0 Å². The van der Waals surface area contributed by atoms with Crippen LogP contribution < -0.4 is 5.73 Å². The van der Waals surface area contributed by atoms with Crippen LogP contribution in [-0.4, -0.2) is 24.3 Å². The van der Waals surface area contributed by atoms with Gasteiger partial charge in [-0.15, -0.1) is 11.3 Å². The number of hydrogen-bond acceptors (Lipinski definition) is 3. The molecule has 0 aromatic carbocycles. The molecule has 0 saturated heterocycles. The average molecular weight is 346 g/mol. The van der Waals surface area contributed by atoms with Crippen molar-refractivity contribution in [3.8, 4) is 0 Å². The van der Waals surface area contributed by atoms with Gasteiger partial charge in [0, 0.05) is 12.0 Å². The highest BCUT2D eigenvalue weighted by Gasteiger charge is 2.20. The smallest absolute Gasteiger partial charge is 0.0963 e. The second kappa shape index (κ2) is 7.41. The quantitative estimate of drug-likeness (QED) is 0.423. The summed E-state index contributed by atoms with van der Waals surface area (Å²) in [6.45, 7) is 6.17.